The SMILES string of the molecule is COc1ccc(/C=C2\C(=O)NC(=S)N(c3ccc(Oc4ccccc4)cc3)C2=O)c(O)c1. The van der Waals surface area contributed by atoms with Crippen molar-refractivity contribution in [3.8, 4) is 23.0 Å². The molecule has 1 heterocycles. The summed E-state index contributed by atoms with van der Waals surface area (Å²) >= 11 is 5.23. The molecule has 0 aromatic heterocycles. The monoisotopic (exact) mass is 446 g/mol. The van der Waals surface area contributed by atoms with Crippen molar-refractivity contribution in [3.63, 3.8) is 0 Å². The first-order chi connectivity index (χ1) is 15.5. The Bertz CT molecular complexity index is 1220. The van der Waals surface area contributed by atoms with Crippen molar-refractivity contribution in [2.24, 2.45) is 0 Å². The lowest BCUT2D eigenvalue weighted by Gasteiger charge is -2.29. The highest BCUT2D eigenvalue weighted by molar-refractivity contribution is 7.80. The van der Waals surface area contributed by atoms with Gasteiger partial charge in [0.15, 0.2) is 5.11 Å². The Morgan fingerprint density at radius 1 is 0.938 bits per heavy atom. The van der Waals surface area contributed by atoms with Crippen LogP contribution in [0.2, 0.25) is 0 Å². The molecule has 7 nitrogen and oxygen atoms in total. The third-order valence-electron chi connectivity index (χ3n) is 4.71. The lowest BCUT2D eigenvalue weighted by molar-refractivity contribution is -0.122. The zero-order chi connectivity index (χ0) is 22.7. The van der Waals surface area contributed by atoms with Crippen LogP contribution in [-0.4, -0.2) is 29.1 Å². The van der Waals surface area contributed by atoms with E-state index in [1.807, 2.05) is 30.3 Å². The highest BCUT2D eigenvalue weighted by Crippen LogP contribution is 2.29. The van der Waals surface area contributed by atoms with Crippen LogP contribution in [0.4, 0.5) is 5.69 Å². The van der Waals surface area contributed by atoms with Gasteiger partial charge in [-0.15, -0.1) is 0 Å². The molecule has 0 atom stereocenters. The number of benzene rings is 3. The summed E-state index contributed by atoms with van der Waals surface area (Å²) in [6.07, 6.45) is 1.31. The zero-order valence-corrected chi connectivity index (χ0v) is 17.8. The smallest absolute Gasteiger partial charge is 0.270 e. The standard InChI is InChI=1S/C24H18N2O5S/c1-30-19-10-7-15(21(27)14-19)13-20-22(28)25-24(32)26(23(20)29)16-8-11-18(12-9-16)31-17-5-3-2-4-6-17/h2-14,27H,1H3,(H,25,28,32)/b20-13+. The van der Waals surface area contributed by atoms with Gasteiger partial charge in [0.25, 0.3) is 11.8 Å². The van der Waals surface area contributed by atoms with Crippen LogP contribution in [0, 0.1) is 0 Å². The number of rotatable bonds is 5. The van der Waals surface area contributed by atoms with Crippen LogP contribution >= 0.6 is 12.2 Å². The number of thiocarbonyl (C=S) groups is 1. The molecular formula is C24H18N2O5S. The molecule has 2 N–H and O–H groups in total. The Morgan fingerprint density at radius 3 is 2.25 bits per heavy atom. The van der Waals surface area contributed by atoms with Gasteiger partial charge in [-0.2, -0.15) is 0 Å². The molecule has 1 aliphatic heterocycles. The molecule has 32 heavy (non-hydrogen) atoms. The molecule has 8 heteroatoms. The first-order valence-corrected chi connectivity index (χ1v) is 9.98. The van der Waals surface area contributed by atoms with Crippen molar-refractivity contribution in [2.45, 2.75) is 0 Å². The summed E-state index contributed by atoms with van der Waals surface area (Å²) in [6, 6.07) is 20.6. The van der Waals surface area contributed by atoms with Crippen molar-refractivity contribution >= 4 is 40.9 Å². The second-order valence-electron chi connectivity index (χ2n) is 6.79. The number of nitrogens with one attached hydrogen (secondary N) is 1. The maximum atomic E-state index is 13.1. The highest BCUT2D eigenvalue weighted by Gasteiger charge is 2.34. The number of amides is 2. The average Bonchev–Trinajstić information content (AvgIpc) is 2.79. The number of carbonyl (C=O) groups is 2. The minimum absolute atomic E-state index is 0.0344. The van der Waals surface area contributed by atoms with E-state index in [9.17, 15) is 14.7 Å². The fourth-order valence-corrected chi connectivity index (χ4v) is 3.39. The van der Waals surface area contributed by atoms with E-state index in [0.29, 0.717) is 28.5 Å². The van der Waals surface area contributed by atoms with E-state index in [-0.39, 0.29) is 16.4 Å². The minimum atomic E-state index is -0.643. The molecule has 0 unspecified atom stereocenters. The van der Waals surface area contributed by atoms with E-state index in [1.54, 1.807) is 36.4 Å². The lowest BCUT2D eigenvalue weighted by Crippen LogP contribution is -2.54. The quantitative estimate of drug-likeness (QED) is 0.350. The van der Waals surface area contributed by atoms with Gasteiger partial charge >= 0.3 is 0 Å². The number of hydrogen-bond acceptors (Lipinski definition) is 6. The van der Waals surface area contributed by atoms with Crippen molar-refractivity contribution in [1.82, 2.24) is 5.32 Å². The zero-order valence-electron chi connectivity index (χ0n) is 16.9. The average molecular weight is 446 g/mol. The maximum absolute atomic E-state index is 13.1. The summed E-state index contributed by atoms with van der Waals surface area (Å²) in [5.41, 5.74) is 0.595. The normalized spacial score (nSPS) is 15.0. The molecule has 1 saturated heterocycles. The predicted octanol–water partition coefficient (Wildman–Crippen LogP) is 4.02. The molecule has 3 aromatic rings. The number of ether oxygens (including phenoxy) is 2. The van der Waals surface area contributed by atoms with E-state index in [2.05, 4.69) is 5.32 Å². The van der Waals surface area contributed by atoms with Crippen LogP contribution in [0.15, 0.2) is 78.4 Å². The third kappa shape index (κ3) is 4.30. The van der Waals surface area contributed by atoms with Gasteiger partial charge in [0.2, 0.25) is 0 Å². The number of hydrogen-bond donors (Lipinski definition) is 2. The molecule has 1 fully saturated rings. The minimum Gasteiger partial charge on any atom is -0.507 e. The fourth-order valence-electron chi connectivity index (χ4n) is 3.11. The van der Waals surface area contributed by atoms with Crippen LogP contribution in [0.5, 0.6) is 23.0 Å². The van der Waals surface area contributed by atoms with Crippen molar-refractivity contribution in [3.05, 3.63) is 83.9 Å². The van der Waals surface area contributed by atoms with Crippen LogP contribution in [0.25, 0.3) is 6.08 Å². The number of aromatic hydroxyl groups is 1. The number of anilines is 1. The van der Waals surface area contributed by atoms with Gasteiger partial charge in [-0.25, -0.2) is 0 Å². The molecule has 2 amide bonds. The van der Waals surface area contributed by atoms with Crippen LogP contribution < -0.4 is 19.7 Å². The predicted molar refractivity (Wildman–Crippen MR) is 124 cm³/mol. The summed E-state index contributed by atoms with van der Waals surface area (Å²) in [5, 5.41) is 12.7. The van der Waals surface area contributed by atoms with Gasteiger partial charge in [-0.1, -0.05) is 18.2 Å². The largest absolute Gasteiger partial charge is 0.507 e. The Labute approximate surface area is 189 Å². The molecule has 160 valence electrons. The van der Waals surface area contributed by atoms with Crippen molar-refractivity contribution in [1.29, 1.82) is 0 Å². The van der Waals surface area contributed by atoms with Crippen molar-refractivity contribution in [2.75, 3.05) is 12.0 Å². The molecule has 4 rings (SSSR count). The second-order valence-corrected chi connectivity index (χ2v) is 7.18. The Balaban J connectivity index is 1.61. The molecule has 0 spiro atoms. The molecular weight excluding hydrogens is 428 g/mol. The maximum Gasteiger partial charge on any atom is 0.270 e. The molecule has 0 radical (unpaired) electrons. The number of phenolic OH excluding ortho intramolecular Hbond substituents is 1. The van der Waals surface area contributed by atoms with E-state index in [1.165, 1.54) is 24.2 Å². The van der Waals surface area contributed by atoms with Crippen molar-refractivity contribution < 1.29 is 24.2 Å². The van der Waals surface area contributed by atoms with Gasteiger partial charge in [-0.05, 0) is 66.8 Å². The number of phenols is 1. The number of para-hydroxylation sites is 1. The van der Waals surface area contributed by atoms with Crippen LogP contribution in [0.1, 0.15) is 5.56 Å². The summed E-state index contributed by atoms with van der Waals surface area (Å²) in [6.45, 7) is 0. The van der Waals surface area contributed by atoms with E-state index < -0.39 is 11.8 Å². The van der Waals surface area contributed by atoms with Crippen LogP contribution in [-0.2, 0) is 9.59 Å². The first kappa shape index (κ1) is 21.1. The van der Waals surface area contributed by atoms with Gasteiger partial charge in [0.1, 0.15) is 28.6 Å². The van der Waals surface area contributed by atoms with Gasteiger partial charge < -0.3 is 14.6 Å². The molecule has 3 aromatic carbocycles. The van der Waals surface area contributed by atoms with Gasteiger partial charge in [-0.3, -0.25) is 19.8 Å². The number of methoxy groups -OCH3 is 1. The van der Waals surface area contributed by atoms with E-state index >= 15 is 0 Å². The van der Waals surface area contributed by atoms with E-state index in [0.717, 1.165) is 0 Å². The summed E-state index contributed by atoms with van der Waals surface area (Å²) < 4.78 is 10.8. The van der Waals surface area contributed by atoms with Crippen LogP contribution in [0.3, 0.4) is 0 Å². The topological polar surface area (TPSA) is 88.1 Å². The lowest BCUT2D eigenvalue weighted by atomic mass is 10.1. The molecule has 0 bridgehead atoms. The Kier molecular flexibility index (Phi) is 5.87. The second kappa shape index (κ2) is 8.91. The summed E-state index contributed by atoms with van der Waals surface area (Å²) in [4.78, 5) is 26.8. The van der Waals surface area contributed by atoms with Gasteiger partial charge in [0.05, 0.1) is 12.8 Å². The molecule has 0 aliphatic carbocycles. The summed E-state index contributed by atoms with van der Waals surface area (Å²) in [5.74, 6) is 0.338. The van der Waals surface area contributed by atoms with E-state index in [4.69, 9.17) is 21.7 Å². The Hall–Kier alpha value is -4.17. The first-order valence-electron chi connectivity index (χ1n) is 9.57. The number of carbonyl (C=O) groups excluding carboxylic acids is 2. The Morgan fingerprint density at radius 2 is 1.59 bits per heavy atom. The highest BCUT2D eigenvalue weighted by atomic mass is 32.1. The van der Waals surface area contributed by atoms with Gasteiger partial charge in [0, 0.05) is 11.6 Å². The molecule has 1 aliphatic rings. The number of nitrogens with zero attached hydrogens (tertiary/aromatic N) is 1. The molecule has 0 saturated carbocycles. The third-order valence-corrected chi connectivity index (χ3v) is 5.00. The fraction of sp³-hybridized carbons (Fsp3) is 0.0417. The summed E-state index contributed by atoms with van der Waals surface area (Å²) in [7, 11) is 1.47.